The molecule has 0 aliphatic carbocycles. The van der Waals surface area contributed by atoms with Crippen LogP contribution >= 0.6 is 15.9 Å². The standard InChI is InChI=1S/C9H12BrN3/c10-8-7-11-5-3-9(8)13-6-2-1-4-12-13/h3,5,7,12H,1-2,4,6H2. The number of anilines is 1. The van der Waals surface area contributed by atoms with Gasteiger partial charge in [0.25, 0.3) is 0 Å². The third-order valence-corrected chi connectivity index (χ3v) is 2.76. The Balaban J connectivity index is 2.18. The predicted octanol–water partition coefficient (Wildman–Crippen LogP) is 1.95. The summed E-state index contributed by atoms with van der Waals surface area (Å²) in [7, 11) is 0. The fourth-order valence-corrected chi connectivity index (χ4v) is 1.94. The van der Waals surface area contributed by atoms with Crippen LogP contribution in [0.5, 0.6) is 0 Å². The van der Waals surface area contributed by atoms with Crippen LogP contribution < -0.4 is 10.4 Å². The first-order valence-corrected chi connectivity index (χ1v) is 5.28. The van der Waals surface area contributed by atoms with Crippen molar-refractivity contribution in [2.24, 2.45) is 0 Å². The number of hydrazine groups is 1. The van der Waals surface area contributed by atoms with E-state index in [1.165, 1.54) is 18.5 Å². The van der Waals surface area contributed by atoms with Crippen LogP contribution in [0.15, 0.2) is 22.9 Å². The van der Waals surface area contributed by atoms with Crippen LogP contribution in [-0.2, 0) is 0 Å². The van der Waals surface area contributed by atoms with Gasteiger partial charge in [0, 0.05) is 25.5 Å². The third kappa shape index (κ3) is 2.00. The summed E-state index contributed by atoms with van der Waals surface area (Å²) in [6.45, 7) is 2.14. The number of nitrogens with zero attached hydrogens (tertiary/aromatic N) is 2. The van der Waals surface area contributed by atoms with Gasteiger partial charge in [-0.3, -0.25) is 4.98 Å². The number of pyridine rings is 1. The van der Waals surface area contributed by atoms with Crippen LogP contribution in [0.2, 0.25) is 0 Å². The molecule has 1 aromatic rings. The molecular weight excluding hydrogens is 230 g/mol. The minimum absolute atomic E-state index is 1.05. The Bertz CT molecular complexity index is 284. The van der Waals surface area contributed by atoms with Gasteiger partial charge in [0.2, 0.25) is 0 Å². The van der Waals surface area contributed by atoms with Crippen molar-refractivity contribution in [1.29, 1.82) is 0 Å². The van der Waals surface area contributed by atoms with Gasteiger partial charge in [-0.25, -0.2) is 5.43 Å². The molecule has 1 fully saturated rings. The maximum Gasteiger partial charge on any atom is 0.0692 e. The lowest BCUT2D eigenvalue weighted by molar-refractivity contribution is 0.511. The van der Waals surface area contributed by atoms with Crippen LogP contribution in [0.4, 0.5) is 5.69 Å². The zero-order valence-corrected chi connectivity index (χ0v) is 8.92. The summed E-state index contributed by atoms with van der Waals surface area (Å²) in [5, 5.41) is 2.18. The number of hydrogen-bond donors (Lipinski definition) is 1. The molecule has 4 heteroatoms. The van der Waals surface area contributed by atoms with E-state index in [9.17, 15) is 0 Å². The second kappa shape index (κ2) is 4.07. The van der Waals surface area contributed by atoms with Gasteiger partial charge in [0.15, 0.2) is 0 Å². The lowest BCUT2D eigenvalue weighted by atomic mass is 10.2. The van der Waals surface area contributed by atoms with Crippen molar-refractivity contribution < 1.29 is 0 Å². The van der Waals surface area contributed by atoms with Crippen molar-refractivity contribution in [3.05, 3.63) is 22.9 Å². The number of nitrogens with one attached hydrogen (secondary N) is 1. The molecule has 0 atom stereocenters. The van der Waals surface area contributed by atoms with Gasteiger partial charge >= 0.3 is 0 Å². The number of hydrogen-bond acceptors (Lipinski definition) is 3. The molecule has 2 rings (SSSR count). The number of rotatable bonds is 1. The van der Waals surface area contributed by atoms with E-state index in [0.717, 1.165) is 17.6 Å². The van der Waals surface area contributed by atoms with Crippen molar-refractivity contribution in [3.63, 3.8) is 0 Å². The Morgan fingerprint density at radius 2 is 2.38 bits per heavy atom. The average Bonchev–Trinajstić information content (AvgIpc) is 2.20. The molecule has 0 amide bonds. The van der Waals surface area contributed by atoms with Crippen LogP contribution in [0.25, 0.3) is 0 Å². The molecule has 13 heavy (non-hydrogen) atoms. The van der Waals surface area contributed by atoms with Crippen LogP contribution in [-0.4, -0.2) is 18.1 Å². The molecule has 0 saturated carbocycles. The zero-order valence-electron chi connectivity index (χ0n) is 7.33. The lowest BCUT2D eigenvalue weighted by Gasteiger charge is -2.30. The van der Waals surface area contributed by atoms with E-state index in [0.29, 0.717) is 0 Å². The average molecular weight is 242 g/mol. The zero-order chi connectivity index (χ0) is 9.10. The maximum atomic E-state index is 4.04. The Hall–Kier alpha value is -0.610. The topological polar surface area (TPSA) is 28.2 Å². The van der Waals surface area contributed by atoms with Crippen molar-refractivity contribution in [1.82, 2.24) is 10.4 Å². The van der Waals surface area contributed by atoms with Crippen LogP contribution in [0.3, 0.4) is 0 Å². The molecule has 2 heterocycles. The van der Waals surface area contributed by atoms with Crippen molar-refractivity contribution in [2.75, 3.05) is 18.1 Å². The molecule has 1 aromatic heterocycles. The largest absolute Gasteiger partial charge is 0.307 e. The van der Waals surface area contributed by atoms with Gasteiger partial charge in [0.1, 0.15) is 0 Å². The van der Waals surface area contributed by atoms with E-state index in [-0.39, 0.29) is 0 Å². The van der Waals surface area contributed by atoms with Crippen LogP contribution in [0, 0.1) is 0 Å². The van der Waals surface area contributed by atoms with E-state index in [1.807, 2.05) is 18.5 Å². The first kappa shape index (κ1) is 8.97. The lowest BCUT2D eigenvalue weighted by Crippen LogP contribution is -2.43. The Labute approximate surface area is 86.3 Å². The fourth-order valence-electron chi connectivity index (χ4n) is 1.48. The maximum absolute atomic E-state index is 4.04. The minimum Gasteiger partial charge on any atom is -0.307 e. The highest BCUT2D eigenvalue weighted by atomic mass is 79.9. The summed E-state index contributed by atoms with van der Waals surface area (Å²) < 4.78 is 1.05. The van der Waals surface area contributed by atoms with Crippen molar-refractivity contribution >= 4 is 21.6 Å². The molecule has 3 nitrogen and oxygen atoms in total. The normalized spacial score (nSPS) is 17.5. The van der Waals surface area contributed by atoms with Crippen LogP contribution in [0.1, 0.15) is 12.8 Å². The van der Waals surface area contributed by atoms with Gasteiger partial charge in [-0.1, -0.05) is 0 Å². The summed E-state index contributed by atoms with van der Waals surface area (Å²) in [6.07, 6.45) is 6.16. The first-order valence-electron chi connectivity index (χ1n) is 4.48. The fraction of sp³-hybridized carbons (Fsp3) is 0.444. The quantitative estimate of drug-likeness (QED) is 0.815. The van der Waals surface area contributed by atoms with Gasteiger partial charge in [-0.05, 0) is 34.8 Å². The molecule has 70 valence electrons. The SMILES string of the molecule is Brc1cnccc1N1CCCCN1. The Morgan fingerprint density at radius 3 is 3.08 bits per heavy atom. The summed E-state index contributed by atoms with van der Waals surface area (Å²) in [6, 6.07) is 2.02. The molecule has 0 spiro atoms. The second-order valence-corrected chi connectivity index (χ2v) is 3.95. The summed E-state index contributed by atoms with van der Waals surface area (Å²) in [5.74, 6) is 0. The Kier molecular flexibility index (Phi) is 2.80. The summed E-state index contributed by atoms with van der Waals surface area (Å²) >= 11 is 3.49. The highest BCUT2D eigenvalue weighted by Gasteiger charge is 2.12. The van der Waals surface area contributed by atoms with Crippen molar-refractivity contribution in [3.8, 4) is 0 Å². The highest BCUT2D eigenvalue weighted by molar-refractivity contribution is 9.10. The number of halogens is 1. The van der Waals surface area contributed by atoms with Gasteiger partial charge in [-0.15, -0.1) is 0 Å². The summed E-state index contributed by atoms with van der Waals surface area (Å²) in [4.78, 5) is 4.04. The molecule has 1 saturated heterocycles. The van der Waals surface area contributed by atoms with E-state index in [1.54, 1.807) is 0 Å². The molecule has 0 radical (unpaired) electrons. The van der Waals surface area contributed by atoms with E-state index in [2.05, 4.69) is 31.3 Å². The van der Waals surface area contributed by atoms with Gasteiger partial charge in [-0.2, -0.15) is 0 Å². The van der Waals surface area contributed by atoms with E-state index in [4.69, 9.17) is 0 Å². The van der Waals surface area contributed by atoms with Gasteiger partial charge < -0.3 is 5.01 Å². The molecule has 1 aliphatic heterocycles. The minimum atomic E-state index is 1.05. The van der Waals surface area contributed by atoms with E-state index < -0.39 is 0 Å². The molecule has 0 bridgehead atoms. The predicted molar refractivity (Wildman–Crippen MR) is 56.5 cm³/mol. The monoisotopic (exact) mass is 241 g/mol. The summed E-state index contributed by atoms with van der Waals surface area (Å²) in [5.41, 5.74) is 4.53. The van der Waals surface area contributed by atoms with Gasteiger partial charge in [0.05, 0.1) is 10.2 Å². The van der Waals surface area contributed by atoms with E-state index >= 15 is 0 Å². The Morgan fingerprint density at radius 1 is 1.46 bits per heavy atom. The van der Waals surface area contributed by atoms with Crippen molar-refractivity contribution in [2.45, 2.75) is 12.8 Å². The number of aromatic nitrogens is 1. The first-order chi connectivity index (χ1) is 6.38. The smallest absolute Gasteiger partial charge is 0.0692 e. The highest BCUT2D eigenvalue weighted by Crippen LogP contribution is 2.24. The second-order valence-electron chi connectivity index (χ2n) is 3.09. The molecule has 0 aromatic carbocycles. The molecular formula is C9H12BrN3. The third-order valence-electron chi connectivity index (χ3n) is 2.15. The molecule has 1 aliphatic rings. The molecule has 1 N–H and O–H groups in total. The molecule has 0 unspecified atom stereocenters.